The number of hydrogen-bond donors (Lipinski definition) is 4. The summed E-state index contributed by atoms with van der Waals surface area (Å²) in [6, 6.07) is 11.5. The maximum Gasteiger partial charge on any atom is 0.573 e. The lowest BCUT2D eigenvalue weighted by Gasteiger charge is -2.33. The van der Waals surface area contributed by atoms with Crippen molar-refractivity contribution < 1.29 is 27.5 Å². The largest absolute Gasteiger partial charge is 0.573 e. The van der Waals surface area contributed by atoms with E-state index in [1.165, 1.54) is 23.5 Å². The van der Waals surface area contributed by atoms with Gasteiger partial charge in [0.1, 0.15) is 10.8 Å². The zero-order valence-corrected chi connectivity index (χ0v) is 20.9. The van der Waals surface area contributed by atoms with Crippen molar-refractivity contribution in [1.29, 1.82) is 0 Å². The third kappa shape index (κ3) is 8.14. The van der Waals surface area contributed by atoms with Crippen LogP contribution in [0.1, 0.15) is 5.69 Å². The standard InChI is InChI=1S/C24H26F3N7O3S/c25-24(26,27)37-20-3-1-2-18(12-20)31-23(36)30-17-6-4-16(5-7-17)22-29-19(15-38-22)13-33-8-10-34(11-9-33)14-21(35)32-28/h1-7,12,15H,8-11,13-14,28H2,(H,32,35)(H2,30,31,36). The molecule has 0 bridgehead atoms. The van der Waals surface area contributed by atoms with E-state index in [9.17, 15) is 22.8 Å². The van der Waals surface area contributed by atoms with E-state index >= 15 is 0 Å². The minimum Gasteiger partial charge on any atom is -0.406 e. The van der Waals surface area contributed by atoms with Crippen LogP contribution < -0.4 is 26.6 Å². The Balaban J connectivity index is 1.27. The van der Waals surface area contributed by atoms with Gasteiger partial charge in [0.25, 0.3) is 0 Å². The lowest BCUT2D eigenvalue weighted by atomic mass is 10.2. The van der Waals surface area contributed by atoms with E-state index in [1.807, 2.05) is 17.5 Å². The molecule has 10 nitrogen and oxygen atoms in total. The molecule has 5 N–H and O–H groups in total. The number of nitrogens with zero attached hydrogens (tertiary/aromatic N) is 3. The van der Waals surface area contributed by atoms with E-state index in [2.05, 4.69) is 30.6 Å². The molecule has 3 aromatic rings. The van der Waals surface area contributed by atoms with Gasteiger partial charge in [0.15, 0.2) is 0 Å². The Morgan fingerprint density at radius 3 is 2.37 bits per heavy atom. The number of piperazine rings is 1. The number of aromatic nitrogens is 1. The topological polar surface area (TPSA) is 125 Å². The lowest BCUT2D eigenvalue weighted by molar-refractivity contribution is -0.274. The van der Waals surface area contributed by atoms with Gasteiger partial charge in [0.05, 0.1) is 12.2 Å². The predicted molar refractivity (Wildman–Crippen MR) is 137 cm³/mol. The van der Waals surface area contributed by atoms with Crippen molar-refractivity contribution in [3.05, 3.63) is 59.6 Å². The van der Waals surface area contributed by atoms with E-state index in [-0.39, 0.29) is 11.6 Å². The molecule has 0 spiro atoms. The number of benzene rings is 2. The molecule has 1 aliphatic rings. The van der Waals surface area contributed by atoms with Gasteiger partial charge in [0.2, 0.25) is 5.91 Å². The molecule has 0 saturated carbocycles. The Labute approximate surface area is 220 Å². The summed E-state index contributed by atoms with van der Waals surface area (Å²) in [6.45, 7) is 4.21. The highest BCUT2D eigenvalue weighted by atomic mass is 32.1. The fourth-order valence-electron chi connectivity index (χ4n) is 3.86. The number of nitrogens with one attached hydrogen (secondary N) is 3. The highest BCUT2D eigenvalue weighted by Gasteiger charge is 2.31. The fraction of sp³-hybridized carbons (Fsp3) is 0.292. The highest BCUT2D eigenvalue weighted by Crippen LogP contribution is 2.27. The van der Waals surface area contributed by atoms with Crippen molar-refractivity contribution in [3.63, 3.8) is 0 Å². The van der Waals surface area contributed by atoms with Crippen LogP contribution in [0.2, 0.25) is 0 Å². The molecule has 0 atom stereocenters. The molecule has 4 rings (SSSR count). The number of carbonyl (C=O) groups is 2. The van der Waals surface area contributed by atoms with Crippen molar-refractivity contribution in [2.45, 2.75) is 12.9 Å². The molecule has 1 fully saturated rings. The van der Waals surface area contributed by atoms with Gasteiger partial charge in [-0.25, -0.2) is 15.6 Å². The minimum atomic E-state index is -4.82. The predicted octanol–water partition coefficient (Wildman–Crippen LogP) is 3.46. The maximum absolute atomic E-state index is 12.4. The normalized spacial score (nSPS) is 14.6. The number of anilines is 2. The van der Waals surface area contributed by atoms with Crippen molar-refractivity contribution in [2.24, 2.45) is 5.84 Å². The number of thiazole rings is 1. The molecule has 2 heterocycles. The summed E-state index contributed by atoms with van der Waals surface area (Å²) in [6.07, 6.45) is -4.82. The highest BCUT2D eigenvalue weighted by molar-refractivity contribution is 7.13. The average molecular weight is 550 g/mol. The number of amides is 3. The summed E-state index contributed by atoms with van der Waals surface area (Å²) >= 11 is 1.52. The summed E-state index contributed by atoms with van der Waals surface area (Å²) in [7, 11) is 0. The molecule has 1 aromatic heterocycles. The van der Waals surface area contributed by atoms with Crippen LogP contribution in [0.3, 0.4) is 0 Å². The molecule has 0 radical (unpaired) electrons. The first-order valence-corrected chi connectivity index (χ1v) is 12.5. The molecular weight excluding hydrogens is 523 g/mol. The first-order valence-electron chi connectivity index (χ1n) is 11.6. The maximum atomic E-state index is 12.4. The SMILES string of the molecule is NNC(=O)CN1CCN(Cc2csc(-c3ccc(NC(=O)Nc4cccc(OC(F)(F)F)c4)cc3)n2)CC1. The van der Waals surface area contributed by atoms with Crippen molar-refractivity contribution in [1.82, 2.24) is 20.2 Å². The number of hydrazine groups is 1. The van der Waals surface area contributed by atoms with E-state index in [0.717, 1.165) is 54.6 Å². The van der Waals surface area contributed by atoms with Crippen molar-refractivity contribution in [2.75, 3.05) is 43.4 Å². The summed E-state index contributed by atoms with van der Waals surface area (Å²) < 4.78 is 41.1. The number of alkyl halides is 3. The average Bonchev–Trinajstić information content (AvgIpc) is 3.33. The number of halogens is 3. The Kier molecular flexibility index (Phi) is 8.78. The zero-order chi connectivity index (χ0) is 27.1. The lowest BCUT2D eigenvalue weighted by Crippen LogP contribution is -2.49. The third-order valence-electron chi connectivity index (χ3n) is 5.65. The third-order valence-corrected chi connectivity index (χ3v) is 6.59. The van der Waals surface area contributed by atoms with Gasteiger partial charge in [-0.2, -0.15) is 0 Å². The first-order chi connectivity index (χ1) is 18.2. The number of ether oxygens (including phenoxy) is 1. The van der Waals surface area contributed by atoms with Gasteiger partial charge in [-0.3, -0.25) is 20.0 Å². The molecule has 1 saturated heterocycles. The Morgan fingerprint density at radius 2 is 1.68 bits per heavy atom. The van der Waals surface area contributed by atoms with Gasteiger partial charge < -0.3 is 15.4 Å². The van der Waals surface area contributed by atoms with Crippen molar-refractivity contribution >= 4 is 34.6 Å². The molecule has 3 amide bonds. The number of urea groups is 1. The quantitative estimate of drug-likeness (QED) is 0.193. The number of rotatable bonds is 8. The molecule has 14 heteroatoms. The van der Waals surface area contributed by atoms with E-state index < -0.39 is 18.1 Å². The molecule has 202 valence electrons. The monoisotopic (exact) mass is 549 g/mol. The summed E-state index contributed by atoms with van der Waals surface area (Å²) in [5, 5.41) is 7.98. The molecular formula is C24H26F3N7O3S. The van der Waals surface area contributed by atoms with E-state index in [0.29, 0.717) is 18.8 Å². The second-order valence-corrected chi connectivity index (χ2v) is 9.35. The van der Waals surface area contributed by atoms with Crippen LogP contribution in [0.4, 0.5) is 29.3 Å². The first kappa shape index (κ1) is 27.3. The molecule has 1 aliphatic heterocycles. The molecule has 0 aliphatic carbocycles. The number of carbonyl (C=O) groups excluding carboxylic acids is 2. The number of hydrogen-bond acceptors (Lipinski definition) is 8. The van der Waals surface area contributed by atoms with Crippen LogP contribution in [-0.2, 0) is 11.3 Å². The zero-order valence-electron chi connectivity index (χ0n) is 20.1. The van der Waals surface area contributed by atoms with Crippen LogP contribution in [0.5, 0.6) is 5.75 Å². The summed E-state index contributed by atoms with van der Waals surface area (Å²) in [4.78, 5) is 32.8. The van der Waals surface area contributed by atoms with Crippen LogP contribution in [-0.4, -0.2) is 65.8 Å². The summed E-state index contributed by atoms with van der Waals surface area (Å²) in [5.74, 6) is 4.52. The second-order valence-electron chi connectivity index (χ2n) is 8.50. The van der Waals surface area contributed by atoms with Crippen molar-refractivity contribution in [3.8, 4) is 16.3 Å². The smallest absolute Gasteiger partial charge is 0.406 e. The van der Waals surface area contributed by atoms with Crippen LogP contribution in [0.15, 0.2) is 53.9 Å². The molecule has 2 aromatic carbocycles. The van der Waals surface area contributed by atoms with E-state index in [4.69, 9.17) is 10.8 Å². The Morgan fingerprint density at radius 1 is 1.00 bits per heavy atom. The Hall–Kier alpha value is -3.72. The van der Waals surface area contributed by atoms with Crippen LogP contribution >= 0.6 is 11.3 Å². The Bertz CT molecular complexity index is 1250. The van der Waals surface area contributed by atoms with E-state index in [1.54, 1.807) is 12.1 Å². The molecule has 38 heavy (non-hydrogen) atoms. The fourth-order valence-corrected chi connectivity index (χ4v) is 4.67. The van der Waals surface area contributed by atoms with Gasteiger partial charge in [-0.15, -0.1) is 24.5 Å². The second kappa shape index (κ2) is 12.2. The molecule has 0 unspecified atom stereocenters. The van der Waals surface area contributed by atoms with Gasteiger partial charge in [-0.1, -0.05) is 6.07 Å². The summed E-state index contributed by atoms with van der Waals surface area (Å²) in [5.41, 5.74) is 4.65. The van der Waals surface area contributed by atoms with Gasteiger partial charge in [-0.05, 0) is 36.4 Å². The number of nitrogens with two attached hydrogens (primary N) is 1. The minimum absolute atomic E-state index is 0.152. The van der Waals surface area contributed by atoms with Crippen LogP contribution in [0.25, 0.3) is 10.6 Å². The van der Waals surface area contributed by atoms with Gasteiger partial charge in [0, 0.05) is 61.1 Å². The van der Waals surface area contributed by atoms with Crippen LogP contribution in [0, 0.1) is 0 Å². The van der Waals surface area contributed by atoms with Gasteiger partial charge >= 0.3 is 12.4 Å².